The molecule has 0 radical (unpaired) electrons. The molecule has 0 heterocycles. The summed E-state index contributed by atoms with van der Waals surface area (Å²) >= 11 is 12.1. The second kappa shape index (κ2) is 10.3. The van der Waals surface area contributed by atoms with Crippen molar-refractivity contribution < 1.29 is 9.59 Å². The van der Waals surface area contributed by atoms with E-state index in [2.05, 4.69) is 5.32 Å². The van der Waals surface area contributed by atoms with Crippen LogP contribution in [0.3, 0.4) is 0 Å². The van der Waals surface area contributed by atoms with Crippen molar-refractivity contribution in [2.24, 2.45) is 0 Å². The quantitative estimate of drug-likeness (QED) is 0.702. The maximum Gasteiger partial charge on any atom is 0.243 e. The van der Waals surface area contributed by atoms with E-state index in [0.717, 1.165) is 11.1 Å². The molecule has 0 aromatic heterocycles. The fourth-order valence-electron chi connectivity index (χ4n) is 2.88. The molecule has 1 atom stereocenters. The van der Waals surface area contributed by atoms with Gasteiger partial charge in [-0.25, -0.2) is 0 Å². The van der Waals surface area contributed by atoms with E-state index in [4.69, 9.17) is 23.2 Å². The molecule has 6 heteroatoms. The number of carbonyl (C=O) groups is 2. The molecule has 0 unspecified atom stereocenters. The van der Waals surface area contributed by atoms with Gasteiger partial charge in [-0.2, -0.15) is 0 Å². The van der Waals surface area contributed by atoms with E-state index in [1.165, 1.54) is 0 Å². The lowest BCUT2D eigenvalue weighted by Crippen LogP contribution is -2.50. The molecule has 4 nitrogen and oxygen atoms in total. The Bertz CT molecular complexity index is 781. The Morgan fingerprint density at radius 1 is 1.00 bits per heavy atom. The maximum absolute atomic E-state index is 12.8. The summed E-state index contributed by atoms with van der Waals surface area (Å²) in [7, 11) is 0. The van der Waals surface area contributed by atoms with Gasteiger partial charge in [0.1, 0.15) is 6.04 Å². The van der Waals surface area contributed by atoms with E-state index >= 15 is 0 Å². The lowest BCUT2D eigenvalue weighted by molar-refractivity contribution is -0.141. The average Bonchev–Trinajstić information content (AvgIpc) is 2.67. The third-order valence-electron chi connectivity index (χ3n) is 4.26. The zero-order valence-corrected chi connectivity index (χ0v) is 17.1. The van der Waals surface area contributed by atoms with Crippen LogP contribution in [0, 0.1) is 0 Å². The molecular formula is C21H24Cl2N2O2. The van der Waals surface area contributed by atoms with Gasteiger partial charge in [0.25, 0.3) is 0 Å². The number of nitrogens with one attached hydrogen (secondary N) is 1. The monoisotopic (exact) mass is 406 g/mol. The largest absolute Gasteiger partial charge is 0.355 e. The van der Waals surface area contributed by atoms with E-state index in [0.29, 0.717) is 29.4 Å². The van der Waals surface area contributed by atoms with Crippen LogP contribution in [-0.4, -0.2) is 29.3 Å². The van der Waals surface area contributed by atoms with Crippen LogP contribution >= 0.6 is 23.2 Å². The van der Waals surface area contributed by atoms with Crippen LogP contribution in [0.15, 0.2) is 48.5 Å². The van der Waals surface area contributed by atoms with Gasteiger partial charge in [0, 0.05) is 25.9 Å². The Kier molecular flexibility index (Phi) is 8.14. The van der Waals surface area contributed by atoms with Gasteiger partial charge in [-0.3, -0.25) is 9.59 Å². The van der Waals surface area contributed by atoms with Crippen molar-refractivity contribution in [1.82, 2.24) is 10.2 Å². The van der Waals surface area contributed by atoms with Crippen LogP contribution < -0.4 is 5.32 Å². The SMILES string of the molecule is CCNC(=O)[C@H](Cc1ccccc1)N(Cc1ccc(Cl)c(Cl)c1)C(=O)CC. The molecule has 0 spiro atoms. The zero-order chi connectivity index (χ0) is 19.8. The summed E-state index contributed by atoms with van der Waals surface area (Å²) in [5.41, 5.74) is 1.82. The lowest BCUT2D eigenvalue weighted by atomic mass is 10.0. The van der Waals surface area contributed by atoms with E-state index < -0.39 is 6.04 Å². The number of carbonyl (C=O) groups excluding carboxylic acids is 2. The van der Waals surface area contributed by atoms with Gasteiger partial charge in [0.05, 0.1) is 10.0 Å². The van der Waals surface area contributed by atoms with Crippen molar-refractivity contribution in [3.63, 3.8) is 0 Å². The number of halogens is 2. The number of hydrogen-bond acceptors (Lipinski definition) is 2. The van der Waals surface area contributed by atoms with Crippen LogP contribution in [0.4, 0.5) is 0 Å². The smallest absolute Gasteiger partial charge is 0.243 e. The van der Waals surface area contributed by atoms with Crippen molar-refractivity contribution in [1.29, 1.82) is 0 Å². The highest BCUT2D eigenvalue weighted by Crippen LogP contribution is 2.24. The Hall–Kier alpha value is -2.04. The summed E-state index contributed by atoms with van der Waals surface area (Å²) in [6.07, 6.45) is 0.756. The fourth-order valence-corrected chi connectivity index (χ4v) is 3.20. The van der Waals surface area contributed by atoms with Crippen LogP contribution in [0.25, 0.3) is 0 Å². The van der Waals surface area contributed by atoms with Crippen LogP contribution in [0.5, 0.6) is 0 Å². The van der Waals surface area contributed by atoms with Gasteiger partial charge in [0.15, 0.2) is 0 Å². The average molecular weight is 407 g/mol. The molecule has 1 N–H and O–H groups in total. The van der Waals surface area contributed by atoms with E-state index in [-0.39, 0.29) is 18.4 Å². The molecule has 2 aromatic rings. The Morgan fingerprint density at radius 3 is 2.30 bits per heavy atom. The van der Waals surface area contributed by atoms with E-state index in [1.807, 2.05) is 43.3 Å². The summed E-state index contributed by atoms with van der Waals surface area (Å²) < 4.78 is 0. The molecule has 2 amide bonds. The number of nitrogens with zero attached hydrogens (tertiary/aromatic N) is 1. The minimum atomic E-state index is -0.603. The Morgan fingerprint density at radius 2 is 1.70 bits per heavy atom. The molecule has 144 valence electrons. The predicted octanol–water partition coefficient (Wildman–Crippen LogP) is 4.48. The summed E-state index contributed by atoms with van der Waals surface area (Å²) in [5.74, 6) is -0.253. The number of benzene rings is 2. The first-order valence-corrected chi connectivity index (χ1v) is 9.76. The third-order valence-corrected chi connectivity index (χ3v) is 5.00. The molecular weight excluding hydrogens is 383 g/mol. The van der Waals surface area contributed by atoms with Gasteiger partial charge in [-0.1, -0.05) is 66.5 Å². The number of likely N-dealkylation sites (N-methyl/N-ethyl adjacent to an activating group) is 1. The summed E-state index contributed by atoms with van der Waals surface area (Å²) in [6.45, 7) is 4.45. The minimum absolute atomic E-state index is 0.0896. The van der Waals surface area contributed by atoms with E-state index in [9.17, 15) is 9.59 Å². The van der Waals surface area contributed by atoms with Crippen LogP contribution in [0.1, 0.15) is 31.4 Å². The Balaban J connectivity index is 2.35. The van der Waals surface area contributed by atoms with Gasteiger partial charge >= 0.3 is 0 Å². The first-order valence-electron chi connectivity index (χ1n) is 9.01. The lowest BCUT2D eigenvalue weighted by Gasteiger charge is -2.31. The molecule has 2 aromatic carbocycles. The van der Waals surface area contributed by atoms with Crippen LogP contribution in [-0.2, 0) is 22.6 Å². The number of hydrogen-bond donors (Lipinski definition) is 1. The highest BCUT2D eigenvalue weighted by atomic mass is 35.5. The summed E-state index contributed by atoms with van der Waals surface area (Å²) in [6, 6.07) is 14.3. The first-order chi connectivity index (χ1) is 13.0. The molecule has 0 saturated heterocycles. The van der Waals surface area contributed by atoms with Crippen molar-refractivity contribution in [2.45, 2.75) is 39.3 Å². The van der Waals surface area contributed by atoms with Crippen molar-refractivity contribution in [2.75, 3.05) is 6.54 Å². The number of amides is 2. The molecule has 0 aliphatic heterocycles. The molecule has 2 rings (SSSR count). The molecule has 0 bridgehead atoms. The summed E-state index contributed by atoms with van der Waals surface area (Å²) in [5, 5.41) is 3.73. The van der Waals surface area contributed by atoms with Gasteiger partial charge in [-0.05, 0) is 30.2 Å². The van der Waals surface area contributed by atoms with Crippen molar-refractivity contribution >= 4 is 35.0 Å². The van der Waals surface area contributed by atoms with E-state index in [1.54, 1.807) is 24.0 Å². The summed E-state index contributed by atoms with van der Waals surface area (Å²) in [4.78, 5) is 27.1. The zero-order valence-electron chi connectivity index (χ0n) is 15.5. The van der Waals surface area contributed by atoms with Crippen molar-refractivity contribution in [3.8, 4) is 0 Å². The highest BCUT2D eigenvalue weighted by Gasteiger charge is 2.29. The molecule has 0 aliphatic rings. The maximum atomic E-state index is 12.8. The standard InChI is InChI=1S/C21H24Cl2N2O2/c1-3-20(26)25(14-16-10-11-17(22)18(23)12-16)19(21(27)24-4-2)13-15-8-6-5-7-9-15/h5-12,19H,3-4,13-14H2,1-2H3,(H,24,27)/t19-/m0/s1. The molecule has 0 saturated carbocycles. The normalized spacial score (nSPS) is 11.7. The second-order valence-electron chi connectivity index (χ2n) is 6.22. The minimum Gasteiger partial charge on any atom is -0.355 e. The molecule has 0 fully saturated rings. The fraction of sp³-hybridized carbons (Fsp3) is 0.333. The second-order valence-corrected chi connectivity index (χ2v) is 7.04. The third kappa shape index (κ3) is 5.98. The number of rotatable bonds is 8. The highest BCUT2D eigenvalue weighted by molar-refractivity contribution is 6.42. The predicted molar refractivity (Wildman–Crippen MR) is 110 cm³/mol. The molecule has 27 heavy (non-hydrogen) atoms. The van der Waals surface area contributed by atoms with Gasteiger partial charge in [0.2, 0.25) is 11.8 Å². The molecule has 0 aliphatic carbocycles. The first kappa shape index (κ1) is 21.3. The topological polar surface area (TPSA) is 49.4 Å². The van der Waals surface area contributed by atoms with Gasteiger partial charge < -0.3 is 10.2 Å². The van der Waals surface area contributed by atoms with Crippen molar-refractivity contribution in [3.05, 3.63) is 69.7 Å². The van der Waals surface area contributed by atoms with Crippen LogP contribution in [0.2, 0.25) is 10.0 Å². The Labute approximate surface area is 170 Å². The van der Waals surface area contributed by atoms with Gasteiger partial charge in [-0.15, -0.1) is 0 Å².